The van der Waals surface area contributed by atoms with Gasteiger partial charge in [0.1, 0.15) is 6.04 Å². The Balaban J connectivity index is 2.39. The standard InChI is InChI=1S/C11H23N3O2/c1-9(2)12-10(11(15)16)8-14-6-4-13(3)5-7-14/h9-10,12H,4-8H2,1-3H3,(H,15,16). The van der Waals surface area contributed by atoms with E-state index < -0.39 is 12.0 Å². The van der Waals surface area contributed by atoms with Gasteiger partial charge in [-0.2, -0.15) is 0 Å². The summed E-state index contributed by atoms with van der Waals surface area (Å²) in [5, 5.41) is 12.2. The normalized spacial score (nSPS) is 21.2. The summed E-state index contributed by atoms with van der Waals surface area (Å²) < 4.78 is 0. The van der Waals surface area contributed by atoms with Crippen molar-refractivity contribution in [1.29, 1.82) is 0 Å². The van der Waals surface area contributed by atoms with Crippen LogP contribution in [0.3, 0.4) is 0 Å². The third kappa shape index (κ3) is 4.47. The molecule has 16 heavy (non-hydrogen) atoms. The summed E-state index contributed by atoms with van der Waals surface area (Å²) in [6, 6.07) is -0.253. The summed E-state index contributed by atoms with van der Waals surface area (Å²) in [6.07, 6.45) is 0. The third-order valence-corrected chi connectivity index (χ3v) is 2.87. The van der Waals surface area contributed by atoms with Gasteiger partial charge in [0.25, 0.3) is 0 Å². The van der Waals surface area contributed by atoms with Gasteiger partial charge >= 0.3 is 5.97 Å². The monoisotopic (exact) mass is 229 g/mol. The average molecular weight is 229 g/mol. The summed E-state index contributed by atoms with van der Waals surface area (Å²) in [5.41, 5.74) is 0. The fourth-order valence-corrected chi connectivity index (χ4v) is 1.89. The molecule has 1 atom stereocenters. The topological polar surface area (TPSA) is 55.8 Å². The molecule has 5 heteroatoms. The van der Waals surface area contributed by atoms with Crippen LogP contribution in [0.1, 0.15) is 13.8 Å². The first-order chi connectivity index (χ1) is 7.49. The van der Waals surface area contributed by atoms with E-state index in [-0.39, 0.29) is 6.04 Å². The highest BCUT2D eigenvalue weighted by molar-refractivity contribution is 5.73. The maximum Gasteiger partial charge on any atom is 0.322 e. The van der Waals surface area contributed by atoms with Crippen LogP contribution in [0.2, 0.25) is 0 Å². The van der Waals surface area contributed by atoms with Gasteiger partial charge in [-0.05, 0) is 7.05 Å². The number of rotatable bonds is 5. The molecule has 0 aromatic rings. The van der Waals surface area contributed by atoms with Crippen LogP contribution in [0.25, 0.3) is 0 Å². The van der Waals surface area contributed by atoms with E-state index in [4.69, 9.17) is 5.11 Å². The van der Waals surface area contributed by atoms with Crippen LogP contribution in [0.5, 0.6) is 0 Å². The molecule has 0 spiro atoms. The first-order valence-electron chi connectivity index (χ1n) is 5.89. The molecule has 1 fully saturated rings. The molecule has 0 aromatic carbocycles. The van der Waals surface area contributed by atoms with Crippen LogP contribution in [-0.2, 0) is 4.79 Å². The molecule has 5 nitrogen and oxygen atoms in total. The van der Waals surface area contributed by atoms with Gasteiger partial charge in [-0.3, -0.25) is 9.69 Å². The number of carbonyl (C=O) groups is 1. The smallest absolute Gasteiger partial charge is 0.322 e. The minimum absolute atomic E-state index is 0.202. The molecule has 0 aliphatic carbocycles. The summed E-state index contributed by atoms with van der Waals surface area (Å²) in [6.45, 7) is 8.50. The van der Waals surface area contributed by atoms with Gasteiger partial charge in [0, 0.05) is 38.8 Å². The SMILES string of the molecule is CC(C)NC(CN1CCN(C)CC1)C(=O)O. The van der Waals surface area contributed by atoms with E-state index in [0.29, 0.717) is 6.54 Å². The Hall–Kier alpha value is -0.650. The van der Waals surface area contributed by atoms with Crippen molar-refractivity contribution in [3.8, 4) is 0 Å². The molecular weight excluding hydrogens is 206 g/mol. The van der Waals surface area contributed by atoms with Crippen molar-refractivity contribution >= 4 is 5.97 Å². The zero-order valence-electron chi connectivity index (χ0n) is 10.4. The molecule has 0 aromatic heterocycles. The lowest BCUT2D eigenvalue weighted by Gasteiger charge is -2.34. The Morgan fingerprint density at radius 2 is 1.88 bits per heavy atom. The highest BCUT2D eigenvalue weighted by Crippen LogP contribution is 2.01. The Morgan fingerprint density at radius 3 is 2.31 bits per heavy atom. The van der Waals surface area contributed by atoms with Gasteiger partial charge < -0.3 is 15.3 Å². The summed E-state index contributed by atoms with van der Waals surface area (Å²) in [5.74, 6) is -0.757. The molecule has 1 saturated heterocycles. The number of piperazine rings is 1. The van der Waals surface area contributed by atoms with Crippen LogP contribution in [-0.4, -0.2) is 72.7 Å². The molecule has 1 unspecified atom stereocenters. The van der Waals surface area contributed by atoms with E-state index >= 15 is 0 Å². The summed E-state index contributed by atoms with van der Waals surface area (Å²) in [7, 11) is 2.10. The molecule has 0 radical (unpaired) electrons. The largest absolute Gasteiger partial charge is 0.480 e. The van der Waals surface area contributed by atoms with Gasteiger partial charge in [0.05, 0.1) is 0 Å². The zero-order valence-corrected chi connectivity index (χ0v) is 10.4. The molecular formula is C11H23N3O2. The minimum atomic E-state index is -0.757. The van der Waals surface area contributed by atoms with Crippen molar-refractivity contribution < 1.29 is 9.90 Å². The molecule has 1 aliphatic heterocycles. The molecule has 94 valence electrons. The highest BCUT2D eigenvalue weighted by Gasteiger charge is 2.23. The van der Waals surface area contributed by atoms with Crippen LogP contribution in [0, 0.1) is 0 Å². The number of hydrogen-bond acceptors (Lipinski definition) is 4. The number of nitrogens with zero attached hydrogens (tertiary/aromatic N) is 2. The zero-order chi connectivity index (χ0) is 12.1. The number of carboxylic acid groups (broad SMARTS) is 1. The summed E-state index contributed by atoms with van der Waals surface area (Å²) >= 11 is 0. The van der Waals surface area contributed by atoms with Crippen LogP contribution in [0.15, 0.2) is 0 Å². The van der Waals surface area contributed by atoms with E-state index in [1.165, 1.54) is 0 Å². The predicted molar refractivity (Wildman–Crippen MR) is 63.6 cm³/mol. The molecule has 0 saturated carbocycles. The Morgan fingerprint density at radius 1 is 1.31 bits per heavy atom. The van der Waals surface area contributed by atoms with E-state index in [1.54, 1.807) is 0 Å². The van der Waals surface area contributed by atoms with Gasteiger partial charge in [0.15, 0.2) is 0 Å². The number of hydrogen-bond donors (Lipinski definition) is 2. The maximum absolute atomic E-state index is 11.1. The molecule has 1 rings (SSSR count). The van der Waals surface area contributed by atoms with Crippen molar-refractivity contribution in [3.63, 3.8) is 0 Å². The lowest BCUT2D eigenvalue weighted by atomic mass is 10.2. The van der Waals surface area contributed by atoms with Crippen LogP contribution >= 0.6 is 0 Å². The fraction of sp³-hybridized carbons (Fsp3) is 0.909. The van der Waals surface area contributed by atoms with Crippen molar-refractivity contribution in [1.82, 2.24) is 15.1 Å². The Labute approximate surface area is 97.4 Å². The van der Waals surface area contributed by atoms with Crippen molar-refractivity contribution in [2.45, 2.75) is 25.9 Å². The lowest BCUT2D eigenvalue weighted by molar-refractivity contribution is -0.140. The lowest BCUT2D eigenvalue weighted by Crippen LogP contribution is -2.53. The van der Waals surface area contributed by atoms with Crippen LogP contribution < -0.4 is 5.32 Å². The number of likely N-dealkylation sites (N-methyl/N-ethyl adjacent to an activating group) is 1. The maximum atomic E-state index is 11.1. The second kappa shape index (κ2) is 6.18. The fourth-order valence-electron chi connectivity index (χ4n) is 1.89. The van der Waals surface area contributed by atoms with Gasteiger partial charge in [0.2, 0.25) is 0 Å². The Kier molecular flexibility index (Phi) is 5.18. The number of carboxylic acids is 1. The molecule has 2 N–H and O–H groups in total. The summed E-state index contributed by atoms with van der Waals surface area (Å²) in [4.78, 5) is 15.6. The van der Waals surface area contributed by atoms with Crippen molar-refractivity contribution in [3.05, 3.63) is 0 Å². The van der Waals surface area contributed by atoms with Gasteiger partial charge in [-0.25, -0.2) is 0 Å². The average Bonchev–Trinajstić information content (AvgIpc) is 2.19. The van der Waals surface area contributed by atoms with Crippen molar-refractivity contribution in [2.75, 3.05) is 39.8 Å². The minimum Gasteiger partial charge on any atom is -0.480 e. The third-order valence-electron chi connectivity index (χ3n) is 2.87. The van der Waals surface area contributed by atoms with E-state index in [1.807, 2.05) is 13.8 Å². The quantitative estimate of drug-likeness (QED) is 0.677. The predicted octanol–water partition coefficient (Wildman–Crippen LogP) is -0.315. The highest BCUT2D eigenvalue weighted by atomic mass is 16.4. The van der Waals surface area contributed by atoms with E-state index in [0.717, 1.165) is 26.2 Å². The Bertz CT molecular complexity index is 225. The molecule has 0 bridgehead atoms. The number of nitrogens with one attached hydrogen (secondary N) is 1. The second-order valence-corrected chi connectivity index (χ2v) is 4.82. The first kappa shape index (κ1) is 13.4. The molecule has 0 amide bonds. The first-order valence-corrected chi connectivity index (χ1v) is 5.89. The van der Waals surface area contributed by atoms with Crippen molar-refractivity contribution in [2.24, 2.45) is 0 Å². The molecule has 1 heterocycles. The molecule has 1 aliphatic rings. The van der Waals surface area contributed by atoms with E-state index in [2.05, 4.69) is 22.2 Å². The van der Waals surface area contributed by atoms with Crippen LogP contribution in [0.4, 0.5) is 0 Å². The second-order valence-electron chi connectivity index (χ2n) is 4.82. The number of aliphatic carboxylic acids is 1. The van der Waals surface area contributed by atoms with Gasteiger partial charge in [-0.1, -0.05) is 13.8 Å². The van der Waals surface area contributed by atoms with E-state index in [9.17, 15) is 4.79 Å². The van der Waals surface area contributed by atoms with Gasteiger partial charge in [-0.15, -0.1) is 0 Å².